The summed E-state index contributed by atoms with van der Waals surface area (Å²) in [4.78, 5) is 0. The van der Waals surface area contributed by atoms with Crippen molar-refractivity contribution in [1.29, 1.82) is 0 Å². The SMILES string of the molecule is CNCCCCC=C[SiH2]Cl. The Bertz CT molecular complexity index is 85.7. The van der Waals surface area contributed by atoms with Gasteiger partial charge in [0.2, 0.25) is 0 Å². The zero-order chi connectivity index (χ0) is 7.66. The molecule has 3 heteroatoms. The predicted octanol–water partition coefficient (Wildman–Crippen LogP) is 1.21. The standard InChI is InChI=1S/C7H16ClNSi/c1-9-6-4-2-3-5-7-10-8/h5,7,9H,2-4,6,10H2,1H3. The molecule has 60 valence electrons. The van der Waals surface area contributed by atoms with E-state index in [4.69, 9.17) is 11.1 Å². The second kappa shape index (κ2) is 9.21. The lowest BCUT2D eigenvalue weighted by Crippen LogP contribution is -2.06. The van der Waals surface area contributed by atoms with Gasteiger partial charge in [-0.05, 0) is 32.9 Å². The fraction of sp³-hybridized carbons (Fsp3) is 0.714. The maximum absolute atomic E-state index is 5.58. The van der Waals surface area contributed by atoms with Gasteiger partial charge in [-0.1, -0.05) is 11.8 Å². The van der Waals surface area contributed by atoms with Crippen LogP contribution in [0.25, 0.3) is 0 Å². The van der Waals surface area contributed by atoms with Crippen molar-refractivity contribution in [1.82, 2.24) is 5.32 Å². The lowest BCUT2D eigenvalue weighted by atomic mass is 10.2. The van der Waals surface area contributed by atoms with Crippen LogP contribution in [-0.4, -0.2) is 22.4 Å². The van der Waals surface area contributed by atoms with Gasteiger partial charge in [-0.2, -0.15) is 11.1 Å². The Kier molecular flexibility index (Phi) is 9.40. The fourth-order valence-electron chi connectivity index (χ4n) is 0.745. The maximum Gasteiger partial charge on any atom is 0.148 e. The summed E-state index contributed by atoms with van der Waals surface area (Å²) in [5, 5.41) is 3.12. The summed E-state index contributed by atoms with van der Waals surface area (Å²) in [6, 6.07) is 0. The minimum Gasteiger partial charge on any atom is -0.320 e. The van der Waals surface area contributed by atoms with Crippen molar-refractivity contribution in [2.45, 2.75) is 19.3 Å². The first-order valence-electron chi connectivity index (χ1n) is 3.77. The third kappa shape index (κ3) is 8.21. The lowest BCUT2D eigenvalue weighted by Gasteiger charge is -1.94. The van der Waals surface area contributed by atoms with Gasteiger partial charge in [0.1, 0.15) is 8.83 Å². The van der Waals surface area contributed by atoms with Gasteiger partial charge < -0.3 is 5.32 Å². The van der Waals surface area contributed by atoms with E-state index < -0.39 is 0 Å². The smallest absolute Gasteiger partial charge is 0.148 e. The molecular weight excluding hydrogens is 162 g/mol. The largest absolute Gasteiger partial charge is 0.320 e. The number of allylic oxidation sites excluding steroid dienone is 1. The van der Waals surface area contributed by atoms with E-state index in [0.717, 1.165) is 6.54 Å². The molecular formula is C7H16ClNSi. The van der Waals surface area contributed by atoms with Gasteiger partial charge in [0.15, 0.2) is 0 Å². The van der Waals surface area contributed by atoms with Crippen molar-refractivity contribution < 1.29 is 0 Å². The van der Waals surface area contributed by atoms with Crippen LogP contribution < -0.4 is 5.32 Å². The van der Waals surface area contributed by atoms with E-state index in [-0.39, 0.29) is 8.83 Å². The van der Waals surface area contributed by atoms with E-state index in [9.17, 15) is 0 Å². The van der Waals surface area contributed by atoms with Crippen LogP contribution in [0.3, 0.4) is 0 Å². The molecule has 0 aromatic rings. The normalized spacial score (nSPS) is 12.2. The van der Waals surface area contributed by atoms with E-state index in [0.29, 0.717) is 0 Å². The van der Waals surface area contributed by atoms with Crippen molar-refractivity contribution in [3.63, 3.8) is 0 Å². The summed E-state index contributed by atoms with van der Waals surface area (Å²) in [5.74, 6) is 0. The van der Waals surface area contributed by atoms with Gasteiger partial charge >= 0.3 is 0 Å². The molecule has 0 aromatic heterocycles. The van der Waals surface area contributed by atoms with Gasteiger partial charge in [-0.3, -0.25) is 0 Å². The quantitative estimate of drug-likeness (QED) is 0.366. The summed E-state index contributed by atoms with van der Waals surface area (Å²) in [6.45, 7) is 1.13. The van der Waals surface area contributed by atoms with Gasteiger partial charge in [-0.25, -0.2) is 0 Å². The summed E-state index contributed by atoms with van der Waals surface area (Å²) in [5.41, 5.74) is 2.14. The Hall–Kier alpha value is 0.207. The number of hydrogen-bond donors (Lipinski definition) is 1. The Morgan fingerprint density at radius 3 is 2.90 bits per heavy atom. The van der Waals surface area contributed by atoms with E-state index >= 15 is 0 Å². The number of unbranched alkanes of at least 4 members (excludes halogenated alkanes) is 2. The molecule has 1 N–H and O–H groups in total. The van der Waals surface area contributed by atoms with Crippen LogP contribution >= 0.6 is 11.1 Å². The minimum absolute atomic E-state index is 0.349. The van der Waals surface area contributed by atoms with Crippen LogP contribution in [0, 0.1) is 0 Å². The summed E-state index contributed by atoms with van der Waals surface area (Å²) in [7, 11) is 1.64. The molecule has 1 nitrogen and oxygen atoms in total. The summed E-state index contributed by atoms with van der Waals surface area (Å²) in [6.07, 6.45) is 5.95. The lowest BCUT2D eigenvalue weighted by molar-refractivity contribution is 0.685. The third-order valence-electron chi connectivity index (χ3n) is 1.30. The molecule has 0 aliphatic rings. The number of hydrogen-bond acceptors (Lipinski definition) is 1. The Morgan fingerprint density at radius 2 is 2.30 bits per heavy atom. The van der Waals surface area contributed by atoms with Crippen LogP contribution in [-0.2, 0) is 0 Å². The highest BCUT2D eigenvalue weighted by Gasteiger charge is 1.82. The average molecular weight is 178 g/mol. The van der Waals surface area contributed by atoms with E-state index in [1.807, 2.05) is 7.05 Å². The monoisotopic (exact) mass is 177 g/mol. The van der Waals surface area contributed by atoms with Crippen molar-refractivity contribution in [2.75, 3.05) is 13.6 Å². The van der Waals surface area contributed by atoms with Crippen LogP contribution in [0.15, 0.2) is 11.8 Å². The Morgan fingerprint density at radius 1 is 1.50 bits per heavy atom. The second-order valence-corrected chi connectivity index (χ2v) is 3.93. The minimum atomic E-state index is -0.349. The summed E-state index contributed by atoms with van der Waals surface area (Å²) < 4.78 is 0. The van der Waals surface area contributed by atoms with Gasteiger partial charge in [0.05, 0.1) is 0 Å². The van der Waals surface area contributed by atoms with Crippen molar-refractivity contribution >= 4 is 19.9 Å². The molecule has 0 heterocycles. The van der Waals surface area contributed by atoms with Crippen LogP contribution in [0.5, 0.6) is 0 Å². The van der Waals surface area contributed by atoms with Crippen molar-refractivity contribution in [3.8, 4) is 0 Å². The summed E-state index contributed by atoms with van der Waals surface area (Å²) >= 11 is 5.58. The van der Waals surface area contributed by atoms with Crippen LogP contribution in [0.4, 0.5) is 0 Å². The molecule has 0 saturated carbocycles. The zero-order valence-electron chi connectivity index (χ0n) is 6.57. The average Bonchev–Trinajstić information content (AvgIpc) is 1.97. The van der Waals surface area contributed by atoms with Gasteiger partial charge in [0, 0.05) is 0 Å². The van der Waals surface area contributed by atoms with E-state index in [2.05, 4.69) is 17.1 Å². The molecule has 0 spiro atoms. The van der Waals surface area contributed by atoms with Gasteiger partial charge in [-0.15, -0.1) is 0 Å². The number of nitrogens with one attached hydrogen (secondary N) is 1. The first-order chi connectivity index (χ1) is 4.91. The van der Waals surface area contributed by atoms with Crippen LogP contribution in [0.2, 0.25) is 0 Å². The number of halogens is 1. The molecule has 0 bridgehead atoms. The highest BCUT2D eigenvalue weighted by Crippen LogP contribution is 1.94. The topological polar surface area (TPSA) is 12.0 Å². The molecule has 0 aliphatic heterocycles. The third-order valence-corrected chi connectivity index (χ3v) is 2.35. The van der Waals surface area contributed by atoms with E-state index in [1.54, 1.807) is 0 Å². The van der Waals surface area contributed by atoms with E-state index in [1.165, 1.54) is 19.3 Å². The zero-order valence-corrected chi connectivity index (χ0v) is 8.74. The maximum atomic E-state index is 5.58. The molecule has 0 radical (unpaired) electrons. The first kappa shape index (κ1) is 10.2. The van der Waals surface area contributed by atoms with Gasteiger partial charge in [0.25, 0.3) is 0 Å². The second-order valence-electron chi connectivity index (χ2n) is 2.23. The molecule has 0 aliphatic carbocycles. The molecule has 0 aromatic carbocycles. The van der Waals surface area contributed by atoms with Crippen LogP contribution in [0.1, 0.15) is 19.3 Å². The fourth-order valence-corrected chi connectivity index (χ4v) is 1.48. The molecule has 0 atom stereocenters. The molecule has 0 fully saturated rings. The highest BCUT2D eigenvalue weighted by atomic mass is 35.6. The Labute approximate surface area is 70.4 Å². The van der Waals surface area contributed by atoms with Crippen molar-refractivity contribution in [2.24, 2.45) is 0 Å². The molecule has 0 amide bonds. The van der Waals surface area contributed by atoms with Crippen molar-refractivity contribution in [3.05, 3.63) is 11.8 Å². The Balaban J connectivity index is 2.83. The highest BCUT2D eigenvalue weighted by molar-refractivity contribution is 6.96. The molecule has 0 unspecified atom stereocenters. The molecule has 0 rings (SSSR count). The molecule has 10 heavy (non-hydrogen) atoms. The predicted molar refractivity (Wildman–Crippen MR) is 51.3 cm³/mol. The number of rotatable bonds is 6. The first-order valence-corrected chi connectivity index (χ1v) is 6.73. The molecule has 0 saturated heterocycles.